The Balaban J connectivity index is 1.69. The molecule has 2 aliphatic rings. The van der Waals surface area contributed by atoms with E-state index in [2.05, 4.69) is 27.0 Å². The van der Waals surface area contributed by atoms with Gasteiger partial charge in [0.05, 0.1) is 0 Å². The Kier molecular flexibility index (Phi) is 3.48. The lowest BCUT2D eigenvalue weighted by Crippen LogP contribution is -2.48. The van der Waals surface area contributed by atoms with Crippen LogP contribution in [0.1, 0.15) is 31.5 Å². The molecule has 1 aromatic heterocycles. The summed E-state index contributed by atoms with van der Waals surface area (Å²) < 4.78 is 0. The SMILES string of the molecule is CC1CCN(c2n[nH]c(C3CCSC3)n2)CC1N. The van der Waals surface area contributed by atoms with Crippen LogP contribution >= 0.6 is 11.8 Å². The lowest BCUT2D eigenvalue weighted by molar-refractivity contribution is 0.376. The third kappa shape index (κ3) is 2.36. The zero-order valence-electron chi connectivity index (χ0n) is 10.8. The van der Waals surface area contributed by atoms with Crippen LogP contribution in [0.25, 0.3) is 0 Å². The predicted octanol–water partition coefficient (Wildman–Crippen LogP) is 1.20. The van der Waals surface area contributed by atoms with Crippen molar-refractivity contribution in [2.24, 2.45) is 11.7 Å². The molecule has 3 N–H and O–H groups in total. The van der Waals surface area contributed by atoms with E-state index in [4.69, 9.17) is 5.73 Å². The first kappa shape index (κ1) is 12.3. The second-order valence-electron chi connectivity index (χ2n) is 5.46. The van der Waals surface area contributed by atoms with Crippen molar-refractivity contribution in [3.8, 4) is 0 Å². The quantitative estimate of drug-likeness (QED) is 0.842. The minimum atomic E-state index is 0.239. The fourth-order valence-electron chi connectivity index (χ4n) is 2.62. The smallest absolute Gasteiger partial charge is 0.244 e. The number of rotatable bonds is 2. The van der Waals surface area contributed by atoms with Crippen molar-refractivity contribution >= 4 is 17.7 Å². The number of nitrogens with zero attached hydrogens (tertiary/aromatic N) is 3. The zero-order valence-corrected chi connectivity index (χ0v) is 11.6. The molecule has 0 saturated carbocycles. The highest BCUT2D eigenvalue weighted by molar-refractivity contribution is 7.99. The average molecular weight is 267 g/mol. The summed E-state index contributed by atoms with van der Waals surface area (Å²) in [5.74, 6) is 5.48. The molecule has 3 unspecified atom stereocenters. The van der Waals surface area contributed by atoms with E-state index in [0.717, 1.165) is 31.3 Å². The predicted molar refractivity (Wildman–Crippen MR) is 75.0 cm³/mol. The van der Waals surface area contributed by atoms with E-state index >= 15 is 0 Å². The summed E-state index contributed by atoms with van der Waals surface area (Å²) >= 11 is 2.00. The topological polar surface area (TPSA) is 70.8 Å². The fraction of sp³-hybridized carbons (Fsp3) is 0.833. The number of thioether (sulfide) groups is 1. The summed E-state index contributed by atoms with van der Waals surface area (Å²) in [5.41, 5.74) is 6.12. The molecule has 0 radical (unpaired) electrons. The number of anilines is 1. The molecule has 2 saturated heterocycles. The average Bonchev–Trinajstić information content (AvgIpc) is 3.01. The minimum Gasteiger partial charge on any atom is -0.338 e. The molecule has 6 heteroatoms. The second-order valence-corrected chi connectivity index (χ2v) is 6.61. The summed E-state index contributed by atoms with van der Waals surface area (Å²) in [5, 5.41) is 7.48. The van der Waals surface area contributed by atoms with Gasteiger partial charge in [-0.3, -0.25) is 5.10 Å². The number of hydrogen-bond acceptors (Lipinski definition) is 5. The molecule has 0 spiro atoms. The highest BCUT2D eigenvalue weighted by Gasteiger charge is 2.27. The maximum absolute atomic E-state index is 6.12. The Labute approximate surface area is 112 Å². The number of nitrogens with one attached hydrogen (secondary N) is 1. The van der Waals surface area contributed by atoms with Crippen molar-refractivity contribution in [2.45, 2.75) is 31.7 Å². The number of nitrogens with two attached hydrogens (primary N) is 1. The number of piperidine rings is 1. The van der Waals surface area contributed by atoms with Crippen LogP contribution in [0.3, 0.4) is 0 Å². The highest BCUT2D eigenvalue weighted by Crippen LogP contribution is 2.31. The first-order valence-electron chi connectivity index (χ1n) is 6.74. The Morgan fingerprint density at radius 2 is 2.33 bits per heavy atom. The molecule has 3 atom stereocenters. The largest absolute Gasteiger partial charge is 0.338 e. The lowest BCUT2D eigenvalue weighted by atomic mass is 9.95. The second kappa shape index (κ2) is 5.09. The lowest BCUT2D eigenvalue weighted by Gasteiger charge is -2.34. The van der Waals surface area contributed by atoms with Gasteiger partial charge in [0, 0.05) is 30.8 Å². The monoisotopic (exact) mass is 267 g/mol. The molecule has 5 nitrogen and oxygen atoms in total. The molecule has 0 amide bonds. The van der Waals surface area contributed by atoms with Crippen LogP contribution in [0.2, 0.25) is 0 Å². The molecule has 2 aliphatic heterocycles. The van der Waals surface area contributed by atoms with Crippen LogP contribution in [-0.2, 0) is 0 Å². The van der Waals surface area contributed by atoms with Gasteiger partial charge in [-0.25, -0.2) is 0 Å². The molecule has 1 aromatic rings. The van der Waals surface area contributed by atoms with E-state index in [9.17, 15) is 0 Å². The standard InChI is InChI=1S/C12H21N5S/c1-8-2-4-17(6-10(8)13)12-14-11(15-16-12)9-3-5-18-7-9/h8-10H,2-7,13H2,1H3,(H,14,15,16). The van der Waals surface area contributed by atoms with Crippen LogP contribution in [0.5, 0.6) is 0 Å². The van der Waals surface area contributed by atoms with Crippen LogP contribution in [-0.4, -0.2) is 45.8 Å². The molecule has 0 aromatic carbocycles. The van der Waals surface area contributed by atoms with Gasteiger partial charge in [-0.1, -0.05) is 6.92 Å². The van der Waals surface area contributed by atoms with Gasteiger partial charge in [0.25, 0.3) is 0 Å². The van der Waals surface area contributed by atoms with E-state index in [1.54, 1.807) is 0 Å². The normalized spacial score (nSPS) is 33.0. The molecular formula is C12H21N5S. The third-order valence-electron chi connectivity index (χ3n) is 4.11. The molecule has 0 bridgehead atoms. The first-order chi connectivity index (χ1) is 8.74. The number of aromatic nitrogens is 3. The highest BCUT2D eigenvalue weighted by atomic mass is 32.2. The van der Waals surface area contributed by atoms with E-state index in [-0.39, 0.29) is 6.04 Å². The van der Waals surface area contributed by atoms with Crippen molar-refractivity contribution in [2.75, 3.05) is 29.5 Å². The van der Waals surface area contributed by atoms with E-state index in [0.29, 0.717) is 11.8 Å². The van der Waals surface area contributed by atoms with Crippen molar-refractivity contribution in [1.82, 2.24) is 15.2 Å². The van der Waals surface area contributed by atoms with Crippen molar-refractivity contribution in [1.29, 1.82) is 0 Å². The summed E-state index contributed by atoms with van der Waals surface area (Å²) in [7, 11) is 0. The van der Waals surface area contributed by atoms with Crippen molar-refractivity contribution in [3.05, 3.63) is 5.82 Å². The molecule has 3 rings (SSSR count). The summed E-state index contributed by atoms with van der Waals surface area (Å²) in [6.07, 6.45) is 2.35. The van der Waals surface area contributed by atoms with Crippen LogP contribution < -0.4 is 10.6 Å². The zero-order chi connectivity index (χ0) is 12.5. The van der Waals surface area contributed by atoms with Gasteiger partial charge in [0.15, 0.2) is 0 Å². The van der Waals surface area contributed by atoms with Gasteiger partial charge in [0.1, 0.15) is 5.82 Å². The fourth-order valence-corrected chi connectivity index (χ4v) is 3.85. The maximum atomic E-state index is 6.12. The van der Waals surface area contributed by atoms with Crippen LogP contribution in [0.15, 0.2) is 0 Å². The number of hydrogen-bond donors (Lipinski definition) is 2. The van der Waals surface area contributed by atoms with Gasteiger partial charge in [-0.2, -0.15) is 16.7 Å². The van der Waals surface area contributed by atoms with Crippen molar-refractivity contribution < 1.29 is 0 Å². The Hall–Kier alpha value is -0.750. The summed E-state index contributed by atoms with van der Waals surface area (Å²) in [6, 6.07) is 0.239. The molecule has 0 aliphatic carbocycles. The van der Waals surface area contributed by atoms with Gasteiger partial charge >= 0.3 is 0 Å². The third-order valence-corrected chi connectivity index (χ3v) is 5.27. The minimum absolute atomic E-state index is 0.239. The van der Waals surface area contributed by atoms with Gasteiger partial charge in [0.2, 0.25) is 5.95 Å². The number of aromatic amines is 1. The maximum Gasteiger partial charge on any atom is 0.244 e. The van der Waals surface area contributed by atoms with E-state index < -0.39 is 0 Å². The van der Waals surface area contributed by atoms with Gasteiger partial charge in [-0.15, -0.1) is 5.10 Å². The van der Waals surface area contributed by atoms with Crippen LogP contribution in [0, 0.1) is 5.92 Å². The summed E-state index contributed by atoms with van der Waals surface area (Å²) in [4.78, 5) is 6.88. The Morgan fingerprint density at radius 1 is 1.44 bits per heavy atom. The number of H-pyrrole nitrogens is 1. The molecular weight excluding hydrogens is 246 g/mol. The Morgan fingerprint density at radius 3 is 3.06 bits per heavy atom. The van der Waals surface area contributed by atoms with Gasteiger partial charge < -0.3 is 10.6 Å². The summed E-state index contributed by atoms with van der Waals surface area (Å²) in [6.45, 7) is 4.12. The van der Waals surface area contributed by atoms with Crippen LogP contribution in [0.4, 0.5) is 5.95 Å². The first-order valence-corrected chi connectivity index (χ1v) is 7.90. The molecule has 100 valence electrons. The molecule has 18 heavy (non-hydrogen) atoms. The Bertz CT molecular complexity index is 401. The van der Waals surface area contributed by atoms with Gasteiger partial charge in [-0.05, 0) is 24.5 Å². The van der Waals surface area contributed by atoms with E-state index in [1.807, 2.05) is 11.8 Å². The van der Waals surface area contributed by atoms with E-state index in [1.165, 1.54) is 17.9 Å². The molecule has 3 heterocycles. The van der Waals surface area contributed by atoms with Crippen molar-refractivity contribution in [3.63, 3.8) is 0 Å². The molecule has 2 fully saturated rings.